The maximum atomic E-state index is 2.46. The van der Waals surface area contributed by atoms with Crippen LogP contribution in [0.15, 0.2) is 200 Å². The van der Waals surface area contributed by atoms with E-state index in [0.717, 1.165) is 22.7 Å². The summed E-state index contributed by atoms with van der Waals surface area (Å²) in [6, 6.07) is 72.8. The quantitative estimate of drug-likeness (QED) is 0.172. The van der Waals surface area contributed by atoms with Gasteiger partial charge in [-0.2, -0.15) is 0 Å². The van der Waals surface area contributed by atoms with Gasteiger partial charge in [0.2, 0.25) is 0 Å². The minimum absolute atomic E-state index is 0.265. The van der Waals surface area contributed by atoms with Crippen molar-refractivity contribution in [2.24, 2.45) is 0 Å². The fourth-order valence-electron chi connectivity index (χ4n) is 8.54. The van der Waals surface area contributed by atoms with Gasteiger partial charge in [-0.25, -0.2) is 0 Å². The molecule has 9 aromatic rings. The number of hydrogen-bond donors (Lipinski definition) is 0. The van der Waals surface area contributed by atoms with Gasteiger partial charge in [-0.05, 0) is 119 Å². The molecule has 1 heterocycles. The van der Waals surface area contributed by atoms with E-state index in [1.807, 2.05) is 0 Å². The maximum Gasteiger partial charge on any atom is 0.0541 e. The van der Waals surface area contributed by atoms with Gasteiger partial charge in [-0.3, -0.25) is 0 Å². The summed E-state index contributed by atoms with van der Waals surface area (Å²) in [6.07, 6.45) is 0. The Hall–Kier alpha value is -6.64. The van der Waals surface area contributed by atoms with Gasteiger partial charge < -0.3 is 9.47 Å². The van der Waals surface area contributed by atoms with Crippen molar-refractivity contribution in [2.75, 3.05) is 4.90 Å². The van der Waals surface area contributed by atoms with Gasteiger partial charge in [0.25, 0.3) is 0 Å². The standard InChI is InChI=1S/C50H36N2/c1-50(46-23-13-11-21-42(46)43-22-12-14-24-47(43)50)37-28-32-49-45(34-37)44-33-36(27-31-48(44)52(49)40-19-9-4-10-20-40)35-25-29-41(30-26-35)51(38-15-5-2-6-16-38)39-17-7-3-8-18-39/h2-34H,1H3. The Balaban J connectivity index is 1.13. The lowest BCUT2D eigenvalue weighted by molar-refractivity contribution is 0.715. The van der Waals surface area contributed by atoms with E-state index >= 15 is 0 Å². The summed E-state index contributed by atoms with van der Waals surface area (Å²) >= 11 is 0. The molecule has 10 rings (SSSR count). The van der Waals surface area contributed by atoms with E-state index in [-0.39, 0.29) is 5.41 Å². The zero-order valence-electron chi connectivity index (χ0n) is 28.9. The first kappa shape index (κ1) is 30.2. The van der Waals surface area contributed by atoms with Crippen LogP contribution >= 0.6 is 0 Å². The average Bonchev–Trinajstić information content (AvgIpc) is 3.69. The third-order valence-corrected chi connectivity index (χ3v) is 11.1. The van der Waals surface area contributed by atoms with Crippen LogP contribution < -0.4 is 4.90 Å². The van der Waals surface area contributed by atoms with Gasteiger partial charge in [-0.15, -0.1) is 0 Å². The summed E-state index contributed by atoms with van der Waals surface area (Å²) in [7, 11) is 0. The summed E-state index contributed by atoms with van der Waals surface area (Å²) in [4.78, 5) is 2.31. The van der Waals surface area contributed by atoms with E-state index in [1.54, 1.807) is 0 Å². The molecule has 246 valence electrons. The predicted molar refractivity (Wildman–Crippen MR) is 218 cm³/mol. The molecule has 1 aromatic heterocycles. The second kappa shape index (κ2) is 12.0. The molecular formula is C50H36N2. The van der Waals surface area contributed by atoms with Crippen LogP contribution in [0.1, 0.15) is 23.6 Å². The molecule has 0 saturated carbocycles. The van der Waals surface area contributed by atoms with Crippen molar-refractivity contribution >= 4 is 38.9 Å². The van der Waals surface area contributed by atoms with Gasteiger partial charge in [0.1, 0.15) is 0 Å². The van der Waals surface area contributed by atoms with Gasteiger partial charge in [0.15, 0.2) is 0 Å². The number of aromatic nitrogens is 1. The molecule has 2 heteroatoms. The molecule has 52 heavy (non-hydrogen) atoms. The first-order chi connectivity index (χ1) is 25.7. The van der Waals surface area contributed by atoms with Crippen LogP contribution in [-0.2, 0) is 5.41 Å². The van der Waals surface area contributed by atoms with Crippen molar-refractivity contribution in [3.8, 4) is 27.9 Å². The van der Waals surface area contributed by atoms with Crippen LogP contribution in [0.2, 0.25) is 0 Å². The van der Waals surface area contributed by atoms with Crippen LogP contribution in [0.3, 0.4) is 0 Å². The third-order valence-electron chi connectivity index (χ3n) is 11.1. The summed E-state index contributed by atoms with van der Waals surface area (Å²) in [5.41, 5.74) is 15.8. The third kappa shape index (κ3) is 4.65. The molecule has 0 bridgehead atoms. The smallest absolute Gasteiger partial charge is 0.0541 e. The Kier molecular flexibility index (Phi) is 6.97. The van der Waals surface area contributed by atoms with E-state index in [0.29, 0.717) is 0 Å². The molecule has 0 amide bonds. The Morgan fingerprint density at radius 1 is 0.404 bits per heavy atom. The first-order valence-electron chi connectivity index (χ1n) is 18.0. The zero-order valence-corrected chi connectivity index (χ0v) is 28.9. The molecule has 0 N–H and O–H groups in total. The van der Waals surface area contributed by atoms with Crippen LogP contribution in [-0.4, -0.2) is 4.57 Å². The number of para-hydroxylation sites is 3. The van der Waals surface area contributed by atoms with Crippen molar-refractivity contribution < 1.29 is 0 Å². The molecule has 2 nitrogen and oxygen atoms in total. The highest BCUT2D eigenvalue weighted by Crippen LogP contribution is 2.53. The monoisotopic (exact) mass is 664 g/mol. The average molecular weight is 665 g/mol. The number of hydrogen-bond acceptors (Lipinski definition) is 1. The highest BCUT2D eigenvalue weighted by molar-refractivity contribution is 6.11. The lowest BCUT2D eigenvalue weighted by Crippen LogP contribution is -2.22. The second-order valence-corrected chi connectivity index (χ2v) is 13.9. The lowest BCUT2D eigenvalue weighted by atomic mass is 9.74. The topological polar surface area (TPSA) is 8.17 Å². The van der Waals surface area contributed by atoms with E-state index in [9.17, 15) is 0 Å². The Labute approximate surface area is 304 Å². The molecule has 0 aliphatic heterocycles. The molecule has 0 saturated heterocycles. The fourth-order valence-corrected chi connectivity index (χ4v) is 8.54. The maximum absolute atomic E-state index is 2.46. The Bertz CT molecular complexity index is 2640. The number of rotatable bonds is 6. The summed E-state index contributed by atoms with van der Waals surface area (Å²) in [5.74, 6) is 0. The molecule has 0 spiro atoms. The Morgan fingerprint density at radius 3 is 1.46 bits per heavy atom. The first-order valence-corrected chi connectivity index (χ1v) is 18.0. The van der Waals surface area contributed by atoms with Crippen LogP contribution in [0, 0.1) is 0 Å². The van der Waals surface area contributed by atoms with E-state index < -0.39 is 0 Å². The Morgan fingerprint density at radius 2 is 0.865 bits per heavy atom. The molecule has 0 unspecified atom stereocenters. The lowest BCUT2D eigenvalue weighted by Gasteiger charge is -2.28. The molecule has 1 aliphatic rings. The van der Waals surface area contributed by atoms with Gasteiger partial charge in [0.05, 0.1) is 11.0 Å². The van der Waals surface area contributed by atoms with Crippen molar-refractivity contribution in [1.29, 1.82) is 0 Å². The second-order valence-electron chi connectivity index (χ2n) is 13.9. The molecule has 0 atom stereocenters. The minimum Gasteiger partial charge on any atom is -0.311 e. The highest BCUT2D eigenvalue weighted by Gasteiger charge is 2.40. The van der Waals surface area contributed by atoms with Crippen molar-refractivity contribution in [2.45, 2.75) is 12.3 Å². The minimum atomic E-state index is -0.265. The van der Waals surface area contributed by atoms with Crippen molar-refractivity contribution in [3.05, 3.63) is 217 Å². The molecular weight excluding hydrogens is 629 g/mol. The number of anilines is 3. The van der Waals surface area contributed by atoms with E-state index in [4.69, 9.17) is 0 Å². The van der Waals surface area contributed by atoms with Crippen LogP contribution in [0.4, 0.5) is 17.1 Å². The number of fused-ring (bicyclic) bond motifs is 6. The van der Waals surface area contributed by atoms with Gasteiger partial charge >= 0.3 is 0 Å². The highest BCUT2D eigenvalue weighted by atomic mass is 15.1. The molecule has 0 fully saturated rings. The summed E-state index contributed by atoms with van der Waals surface area (Å²) in [6.45, 7) is 2.40. The number of benzene rings is 8. The SMILES string of the molecule is CC1(c2ccc3c(c2)c2cc(-c4ccc(N(c5ccccc5)c5ccccc5)cc4)ccc2n3-c2ccccc2)c2ccccc2-c2ccccc21. The van der Waals surface area contributed by atoms with E-state index in [1.165, 1.54) is 60.8 Å². The van der Waals surface area contributed by atoms with Gasteiger partial charge in [-0.1, -0.05) is 127 Å². The molecule has 8 aromatic carbocycles. The summed E-state index contributed by atoms with van der Waals surface area (Å²) in [5, 5.41) is 2.51. The fraction of sp³-hybridized carbons (Fsp3) is 0.0400. The van der Waals surface area contributed by atoms with Gasteiger partial charge in [0, 0.05) is 38.9 Å². The van der Waals surface area contributed by atoms with Crippen LogP contribution in [0.5, 0.6) is 0 Å². The largest absolute Gasteiger partial charge is 0.311 e. The van der Waals surface area contributed by atoms with Crippen molar-refractivity contribution in [1.82, 2.24) is 4.57 Å². The predicted octanol–water partition coefficient (Wildman–Crippen LogP) is 13.3. The van der Waals surface area contributed by atoms with Crippen molar-refractivity contribution in [3.63, 3.8) is 0 Å². The van der Waals surface area contributed by atoms with Crippen LogP contribution in [0.25, 0.3) is 49.7 Å². The molecule has 0 radical (unpaired) electrons. The number of nitrogens with zero attached hydrogens (tertiary/aromatic N) is 2. The summed E-state index contributed by atoms with van der Waals surface area (Å²) < 4.78 is 2.41. The zero-order chi connectivity index (χ0) is 34.6. The van der Waals surface area contributed by atoms with E-state index in [2.05, 4.69) is 217 Å². The normalized spacial score (nSPS) is 12.9. The molecule has 1 aliphatic carbocycles.